The van der Waals surface area contributed by atoms with Gasteiger partial charge in [0.2, 0.25) is 0 Å². The normalized spacial score (nSPS) is 11.4. The van der Waals surface area contributed by atoms with E-state index in [4.69, 9.17) is 5.11 Å². The first-order chi connectivity index (χ1) is 8.42. The van der Waals surface area contributed by atoms with Crippen LogP contribution >= 0.6 is 0 Å². The Bertz CT molecular complexity index is 613. The molecule has 2 aromatic rings. The molecule has 0 bridgehead atoms. The van der Waals surface area contributed by atoms with Crippen LogP contribution in [0.25, 0.3) is 10.9 Å². The quantitative estimate of drug-likeness (QED) is 0.771. The van der Waals surface area contributed by atoms with E-state index in [9.17, 15) is 9.59 Å². The number of para-hydroxylation sites is 1. The lowest BCUT2D eigenvalue weighted by atomic mass is 10.0. The van der Waals surface area contributed by atoms with Crippen molar-refractivity contribution in [3.63, 3.8) is 0 Å². The van der Waals surface area contributed by atoms with Gasteiger partial charge in [-0.3, -0.25) is 4.79 Å². The van der Waals surface area contributed by atoms with E-state index in [1.165, 1.54) is 13.8 Å². The minimum Gasteiger partial charge on any atom is -0.480 e. The van der Waals surface area contributed by atoms with Gasteiger partial charge < -0.3 is 15.4 Å². The van der Waals surface area contributed by atoms with Crippen molar-refractivity contribution in [2.24, 2.45) is 0 Å². The minimum absolute atomic E-state index is 0.407. The van der Waals surface area contributed by atoms with E-state index in [1.807, 2.05) is 12.1 Å². The number of aromatic amines is 1. The van der Waals surface area contributed by atoms with E-state index in [-0.39, 0.29) is 0 Å². The monoisotopic (exact) mass is 246 g/mol. The van der Waals surface area contributed by atoms with Crippen LogP contribution in [0.2, 0.25) is 0 Å². The first kappa shape index (κ1) is 12.2. The highest BCUT2D eigenvalue weighted by molar-refractivity contribution is 6.07. The van der Waals surface area contributed by atoms with Crippen molar-refractivity contribution in [1.29, 1.82) is 0 Å². The Balaban J connectivity index is 2.35. The van der Waals surface area contributed by atoms with E-state index in [0.29, 0.717) is 11.1 Å². The summed E-state index contributed by atoms with van der Waals surface area (Å²) in [5.41, 5.74) is -0.158. The van der Waals surface area contributed by atoms with E-state index in [2.05, 4.69) is 10.3 Å². The van der Waals surface area contributed by atoms with Gasteiger partial charge in [-0.15, -0.1) is 0 Å². The largest absolute Gasteiger partial charge is 0.480 e. The number of H-pyrrole nitrogens is 1. The molecule has 0 aliphatic carbocycles. The summed E-state index contributed by atoms with van der Waals surface area (Å²) < 4.78 is 0. The van der Waals surface area contributed by atoms with Crippen molar-refractivity contribution >= 4 is 22.8 Å². The minimum atomic E-state index is -1.30. The molecule has 0 aliphatic heterocycles. The number of benzene rings is 1. The van der Waals surface area contributed by atoms with Gasteiger partial charge in [0.05, 0.1) is 11.1 Å². The van der Waals surface area contributed by atoms with E-state index in [1.54, 1.807) is 18.3 Å². The van der Waals surface area contributed by atoms with Gasteiger partial charge in [-0.25, -0.2) is 4.79 Å². The number of carboxylic acids is 1. The molecular weight excluding hydrogens is 232 g/mol. The van der Waals surface area contributed by atoms with Gasteiger partial charge in [-0.1, -0.05) is 12.1 Å². The molecule has 5 heteroatoms. The standard InChI is InChI=1S/C13H14N2O3/c1-13(2,12(17)18)15-11(16)9-5-3-4-8-6-7-14-10(8)9/h3-7,14H,1-2H3,(H,15,16)(H,17,18). The van der Waals surface area contributed by atoms with Gasteiger partial charge in [0.15, 0.2) is 0 Å². The van der Waals surface area contributed by atoms with Crippen molar-refractivity contribution in [2.75, 3.05) is 0 Å². The van der Waals surface area contributed by atoms with Crippen LogP contribution in [0.3, 0.4) is 0 Å². The summed E-state index contributed by atoms with van der Waals surface area (Å²) in [6.07, 6.45) is 1.74. The Morgan fingerprint density at radius 2 is 2.00 bits per heavy atom. The van der Waals surface area contributed by atoms with Gasteiger partial charge in [-0.2, -0.15) is 0 Å². The molecular formula is C13H14N2O3. The van der Waals surface area contributed by atoms with Crippen molar-refractivity contribution in [3.8, 4) is 0 Å². The number of amides is 1. The number of carboxylic acid groups (broad SMARTS) is 1. The van der Waals surface area contributed by atoms with Crippen LogP contribution in [0.15, 0.2) is 30.5 Å². The third-order valence-corrected chi connectivity index (χ3v) is 2.79. The molecule has 1 aromatic heterocycles. The number of aromatic nitrogens is 1. The number of rotatable bonds is 3. The predicted molar refractivity (Wildman–Crippen MR) is 67.5 cm³/mol. The van der Waals surface area contributed by atoms with E-state index in [0.717, 1.165) is 5.39 Å². The zero-order chi connectivity index (χ0) is 13.3. The molecule has 94 valence electrons. The SMILES string of the molecule is CC(C)(NC(=O)c1cccc2cc[nH]c12)C(=O)O. The summed E-state index contributed by atoms with van der Waals surface area (Å²) in [5.74, 6) is -1.48. The Kier molecular flexibility index (Phi) is 2.82. The fourth-order valence-corrected chi connectivity index (χ4v) is 1.68. The molecule has 0 fully saturated rings. The molecule has 1 heterocycles. The number of hydrogen-bond acceptors (Lipinski definition) is 2. The van der Waals surface area contributed by atoms with Crippen LogP contribution in [0.5, 0.6) is 0 Å². The molecule has 0 unspecified atom stereocenters. The molecule has 0 atom stereocenters. The summed E-state index contributed by atoms with van der Waals surface area (Å²) in [6.45, 7) is 2.89. The van der Waals surface area contributed by atoms with Crippen LogP contribution < -0.4 is 5.32 Å². The molecule has 0 aliphatic rings. The van der Waals surface area contributed by atoms with Crippen molar-refractivity contribution < 1.29 is 14.7 Å². The fraction of sp³-hybridized carbons (Fsp3) is 0.231. The molecule has 3 N–H and O–H groups in total. The van der Waals surface area contributed by atoms with Gasteiger partial charge in [0.25, 0.3) is 5.91 Å². The van der Waals surface area contributed by atoms with Gasteiger partial charge in [-0.05, 0) is 26.0 Å². The van der Waals surface area contributed by atoms with Crippen LogP contribution in [0.4, 0.5) is 0 Å². The smallest absolute Gasteiger partial charge is 0.328 e. The Morgan fingerprint density at radius 1 is 1.28 bits per heavy atom. The second-order valence-electron chi connectivity index (χ2n) is 4.63. The zero-order valence-electron chi connectivity index (χ0n) is 10.2. The highest BCUT2D eigenvalue weighted by atomic mass is 16.4. The van der Waals surface area contributed by atoms with Crippen LogP contribution in [-0.4, -0.2) is 27.5 Å². The second-order valence-corrected chi connectivity index (χ2v) is 4.63. The molecule has 0 spiro atoms. The highest BCUT2D eigenvalue weighted by Crippen LogP contribution is 2.17. The molecule has 2 rings (SSSR count). The molecule has 18 heavy (non-hydrogen) atoms. The zero-order valence-corrected chi connectivity index (χ0v) is 10.2. The number of hydrogen-bond donors (Lipinski definition) is 3. The lowest BCUT2D eigenvalue weighted by molar-refractivity contribution is -0.143. The second kappa shape index (κ2) is 4.18. The van der Waals surface area contributed by atoms with Crippen LogP contribution in [0, 0.1) is 0 Å². The summed E-state index contributed by atoms with van der Waals surface area (Å²) in [5, 5.41) is 12.4. The third-order valence-electron chi connectivity index (χ3n) is 2.79. The Labute approximate surface area is 104 Å². The van der Waals surface area contributed by atoms with Gasteiger partial charge >= 0.3 is 5.97 Å². The summed E-state index contributed by atoms with van der Waals surface area (Å²) in [7, 11) is 0. The Morgan fingerprint density at radius 3 is 2.67 bits per heavy atom. The lowest BCUT2D eigenvalue weighted by Gasteiger charge is -2.21. The van der Waals surface area contributed by atoms with Crippen molar-refractivity contribution in [1.82, 2.24) is 10.3 Å². The maximum absolute atomic E-state index is 12.1. The average Bonchev–Trinajstić information content (AvgIpc) is 2.75. The van der Waals surface area contributed by atoms with Gasteiger partial charge in [0, 0.05) is 11.6 Å². The summed E-state index contributed by atoms with van der Waals surface area (Å²) >= 11 is 0. The number of aliphatic carboxylic acids is 1. The fourth-order valence-electron chi connectivity index (χ4n) is 1.68. The van der Waals surface area contributed by atoms with E-state index < -0.39 is 17.4 Å². The number of fused-ring (bicyclic) bond motifs is 1. The van der Waals surface area contributed by atoms with Gasteiger partial charge in [0.1, 0.15) is 5.54 Å². The molecule has 5 nitrogen and oxygen atoms in total. The average molecular weight is 246 g/mol. The van der Waals surface area contributed by atoms with Crippen molar-refractivity contribution in [2.45, 2.75) is 19.4 Å². The molecule has 1 amide bonds. The summed E-state index contributed by atoms with van der Waals surface area (Å²) in [6, 6.07) is 7.16. The van der Waals surface area contributed by atoms with Crippen LogP contribution in [-0.2, 0) is 4.79 Å². The van der Waals surface area contributed by atoms with Crippen LogP contribution in [0.1, 0.15) is 24.2 Å². The number of nitrogens with one attached hydrogen (secondary N) is 2. The number of carbonyl (C=O) groups excluding carboxylic acids is 1. The predicted octanol–water partition coefficient (Wildman–Crippen LogP) is 1.76. The highest BCUT2D eigenvalue weighted by Gasteiger charge is 2.29. The number of carbonyl (C=O) groups is 2. The molecule has 1 aromatic carbocycles. The first-order valence-electron chi connectivity index (χ1n) is 5.54. The maximum atomic E-state index is 12.1. The molecule has 0 radical (unpaired) electrons. The van der Waals surface area contributed by atoms with E-state index >= 15 is 0 Å². The first-order valence-corrected chi connectivity index (χ1v) is 5.54. The third kappa shape index (κ3) is 2.07. The lowest BCUT2D eigenvalue weighted by Crippen LogP contribution is -2.49. The topological polar surface area (TPSA) is 82.2 Å². The summed E-state index contributed by atoms with van der Waals surface area (Å²) in [4.78, 5) is 26.0. The Hall–Kier alpha value is -2.30. The molecule has 0 saturated carbocycles. The van der Waals surface area contributed by atoms with Crippen molar-refractivity contribution in [3.05, 3.63) is 36.0 Å². The molecule has 0 saturated heterocycles. The maximum Gasteiger partial charge on any atom is 0.328 e.